The Morgan fingerprint density at radius 1 is 0.535 bits per heavy atom. The maximum absolute atomic E-state index is 6.31. The number of benzene rings is 6. The van der Waals surface area contributed by atoms with E-state index in [4.69, 9.17) is 14.4 Å². The lowest BCUT2D eigenvalue weighted by Crippen LogP contribution is -2.02. The third-order valence-electron chi connectivity index (χ3n) is 8.62. The van der Waals surface area contributed by atoms with Crippen LogP contribution in [0.5, 0.6) is 0 Å². The average Bonchev–Trinajstić information content (AvgIpc) is 3.72. The largest absolute Gasteiger partial charge is 0.456 e. The maximum atomic E-state index is 6.31. The van der Waals surface area contributed by atoms with Crippen molar-refractivity contribution in [1.29, 1.82) is 0 Å². The molecule has 0 bridgehead atoms. The van der Waals surface area contributed by atoms with Gasteiger partial charge in [-0.25, -0.2) is 9.97 Å². The minimum absolute atomic E-state index is 0.667. The molecule has 0 atom stereocenters. The first-order valence-electron chi connectivity index (χ1n) is 14.3. The Morgan fingerprint density at radius 2 is 1.26 bits per heavy atom. The summed E-state index contributed by atoms with van der Waals surface area (Å²) in [4.78, 5) is 11.7. The van der Waals surface area contributed by atoms with E-state index in [-0.39, 0.29) is 0 Å². The maximum Gasteiger partial charge on any atom is 0.236 e. The molecule has 4 aromatic heterocycles. The predicted octanol–water partition coefficient (Wildman–Crippen LogP) is 10.7. The Kier molecular flexibility index (Phi) is 4.57. The number of rotatable bonds is 2. The van der Waals surface area contributed by atoms with Crippen molar-refractivity contribution in [1.82, 2.24) is 14.5 Å². The van der Waals surface area contributed by atoms with Gasteiger partial charge < -0.3 is 4.42 Å². The fourth-order valence-electron chi connectivity index (χ4n) is 6.75. The van der Waals surface area contributed by atoms with E-state index in [1.54, 1.807) is 11.3 Å². The van der Waals surface area contributed by atoms with E-state index in [0.29, 0.717) is 5.95 Å². The summed E-state index contributed by atoms with van der Waals surface area (Å²) in [5.74, 6) is 0.667. The average molecular weight is 568 g/mol. The first-order valence-corrected chi connectivity index (χ1v) is 15.2. The second kappa shape index (κ2) is 8.51. The number of para-hydroxylation sites is 2. The van der Waals surface area contributed by atoms with E-state index in [1.807, 2.05) is 18.2 Å². The summed E-state index contributed by atoms with van der Waals surface area (Å²) in [6.45, 7) is 0. The van der Waals surface area contributed by atoms with Crippen LogP contribution >= 0.6 is 11.3 Å². The third-order valence-corrected chi connectivity index (χ3v) is 9.69. The molecule has 6 aromatic carbocycles. The standard InChI is InChI=1S/C38H21N3OS/c1-2-11-23-21-30-28(20-22(23)10-1)24-12-3-6-16-29(24)41(30)38-39-36(35-26-14-5-8-19-33(26)43-37(35)40-38)27-15-9-18-32-34(27)25-13-4-7-17-31(25)42-32/h1-21H. The first kappa shape index (κ1) is 23.1. The van der Waals surface area contributed by atoms with Crippen LogP contribution in [-0.4, -0.2) is 14.5 Å². The van der Waals surface area contributed by atoms with E-state index in [1.165, 1.54) is 31.6 Å². The number of nitrogens with zero attached hydrogens (tertiary/aromatic N) is 3. The van der Waals surface area contributed by atoms with E-state index in [9.17, 15) is 0 Å². The fraction of sp³-hybridized carbons (Fsp3) is 0. The van der Waals surface area contributed by atoms with Crippen molar-refractivity contribution in [2.45, 2.75) is 0 Å². The molecule has 10 aromatic rings. The SMILES string of the molecule is c1ccc2cc3c(cc2c1)c1ccccc1n3-c1nc(-c2cccc3oc4ccccc4c23)c2c(n1)sc1ccccc12. The van der Waals surface area contributed by atoms with Crippen molar-refractivity contribution in [3.63, 3.8) is 0 Å². The molecule has 200 valence electrons. The van der Waals surface area contributed by atoms with Gasteiger partial charge in [0.1, 0.15) is 16.0 Å². The molecule has 0 fully saturated rings. The highest BCUT2D eigenvalue weighted by Gasteiger charge is 2.22. The van der Waals surface area contributed by atoms with Gasteiger partial charge in [-0.15, -0.1) is 11.3 Å². The first-order chi connectivity index (χ1) is 21.3. The smallest absolute Gasteiger partial charge is 0.236 e. The van der Waals surface area contributed by atoms with Crippen LogP contribution in [0.15, 0.2) is 132 Å². The summed E-state index contributed by atoms with van der Waals surface area (Å²) in [5, 5.41) is 9.20. The number of aromatic nitrogens is 3. The molecular formula is C38H21N3OS. The molecule has 0 saturated heterocycles. The molecular weight excluding hydrogens is 547 g/mol. The number of hydrogen-bond donors (Lipinski definition) is 0. The summed E-state index contributed by atoms with van der Waals surface area (Å²) in [7, 11) is 0. The van der Waals surface area contributed by atoms with Crippen molar-refractivity contribution in [3.8, 4) is 17.2 Å². The topological polar surface area (TPSA) is 43.9 Å². The number of thiophene rings is 1. The Hall–Kier alpha value is -5.52. The van der Waals surface area contributed by atoms with Gasteiger partial charge in [0, 0.05) is 42.6 Å². The van der Waals surface area contributed by atoms with Crippen molar-refractivity contribution >= 4 is 86.2 Å². The molecule has 0 unspecified atom stereocenters. The predicted molar refractivity (Wildman–Crippen MR) is 179 cm³/mol. The highest BCUT2D eigenvalue weighted by atomic mass is 32.1. The summed E-state index contributed by atoms with van der Waals surface area (Å²) in [5.41, 5.74) is 5.88. The molecule has 4 heterocycles. The molecule has 5 heteroatoms. The number of fused-ring (bicyclic) bond motifs is 10. The van der Waals surface area contributed by atoms with Crippen LogP contribution in [-0.2, 0) is 0 Å². The quantitative estimate of drug-likeness (QED) is 0.209. The van der Waals surface area contributed by atoms with Gasteiger partial charge in [0.15, 0.2) is 0 Å². The van der Waals surface area contributed by atoms with Gasteiger partial charge in [0.05, 0.1) is 16.7 Å². The van der Waals surface area contributed by atoms with Crippen LogP contribution in [0.4, 0.5) is 0 Å². The highest BCUT2D eigenvalue weighted by Crippen LogP contribution is 2.43. The lowest BCUT2D eigenvalue weighted by Gasteiger charge is -2.11. The van der Waals surface area contributed by atoms with Crippen LogP contribution in [0.2, 0.25) is 0 Å². The lowest BCUT2D eigenvalue weighted by molar-refractivity contribution is 0.669. The molecule has 43 heavy (non-hydrogen) atoms. The van der Waals surface area contributed by atoms with Crippen molar-refractivity contribution < 1.29 is 4.42 Å². The molecule has 0 saturated carbocycles. The van der Waals surface area contributed by atoms with Gasteiger partial charge in [-0.3, -0.25) is 4.57 Å². The monoisotopic (exact) mass is 567 g/mol. The minimum Gasteiger partial charge on any atom is -0.456 e. The molecule has 0 radical (unpaired) electrons. The lowest BCUT2D eigenvalue weighted by atomic mass is 10.0. The Labute approximate surface area is 249 Å². The summed E-state index contributed by atoms with van der Waals surface area (Å²) < 4.78 is 9.74. The zero-order valence-electron chi connectivity index (χ0n) is 22.8. The van der Waals surface area contributed by atoms with Gasteiger partial charge in [-0.1, -0.05) is 91.0 Å². The van der Waals surface area contributed by atoms with E-state index in [2.05, 4.69) is 114 Å². The van der Waals surface area contributed by atoms with Gasteiger partial charge in [0.25, 0.3) is 0 Å². The van der Waals surface area contributed by atoms with Crippen LogP contribution in [0.3, 0.4) is 0 Å². The molecule has 0 aliphatic heterocycles. The number of furan rings is 1. The third kappa shape index (κ3) is 3.20. The van der Waals surface area contributed by atoms with E-state index < -0.39 is 0 Å². The minimum atomic E-state index is 0.667. The van der Waals surface area contributed by atoms with Crippen molar-refractivity contribution in [3.05, 3.63) is 127 Å². The van der Waals surface area contributed by atoms with Gasteiger partial charge in [-0.05, 0) is 47.2 Å². The van der Waals surface area contributed by atoms with Gasteiger partial charge >= 0.3 is 0 Å². The molecule has 0 aliphatic carbocycles. The molecule has 0 amide bonds. The fourth-order valence-corrected chi connectivity index (χ4v) is 7.82. The molecule has 0 spiro atoms. The summed E-state index contributed by atoms with van der Waals surface area (Å²) >= 11 is 1.72. The Morgan fingerprint density at radius 3 is 2.16 bits per heavy atom. The highest BCUT2D eigenvalue weighted by molar-refractivity contribution is 7.25. The molecule has 4 nitrogen and oxygen atoms in total. The second-order valence-corrected chi connectivity index (χ2v) is 12.0. The van der Waals surface area contributed by atoms with Crippen LogP contribution in [0.25, 0.3) is 92.0 Å². The Balaban J connectivity index is 1.39. The zero-order chi connectivity index (χ0) is 28.1. The van der Waals surface area contributed by atoms with E-state index in [0.717, 1.165) is 54.4 Å². The molecule has 10 rings (SSSR count). The summed E-state index contributed by atoms with van der Waals surface area (Å²) in [6.07, 6.45) is 0. The number of hydrogen-bond acceptors (Lipinski definition) is 4. The van der Waals surface area contributed by atoms with Gasteiger partial charge in [-0.2, -0.15) is 0 Å². The van der Waals surface area contributed by atoms with E-state index >= 15 is 0 Å². The van der Waals surface area contributed by atoms with Gasteiger partial charge in [0.2, 0.25) is 5.95 Å². The van der Waals surface area contributed by atoms with Crippen molar-refractivity contribution in [2.75, 3.05) is 0 Å². The molecule has 0 aliphatic rings. The zero-order valence-corrected chi connectivity index (χ0v) is 23.6. The van der Waals surface area contributed by atoms with Crippen LogP contribution in [0.1, 0.15) is 0 Å². The Bertz CT molecular complexity index is 2750. The molecule has 0 N–H and O–H groups in total. The van der Waals surface area contributed by atoms with Crippen LogP contribution < -0.4 is 0 Å². The second-order valence-electron chi connectivity index (χ2n) is 11.0. The van der Waals surface area contributed by atoms with Crippen LogP contribution in [0, 0.1) is 0 Å². The summed E-state index contributed by atoms with van der Waals surface area (Å²) in [6, 6.07) is 44.7. The normalized spacial score (nSPS) is 12.2. The van der Waals surface area contributed by atoms with Crippen molar-refractivity contribution in [2.24, 2.45) is 0 Å².